The smallest absolute Gasteiger partial charge is 0.0736 e. The summed E-state index contributed by atoms with van der Waals surface area (Å²) in [5.41, 5.74) is 18.3. The van der Waals surface area contributed by atoms with Gasteiger partial charge in [0.25, 0.3) is 0 Å². The first-order valence-corrected chi connectivity index (χ1v) is 24.8. The Labute approximate surface area is 398 Å². The van der Waals surface area contributed by atoms with E-state index in [0.29, 0.717) is 0 Å². The van der Waals surface area contributed by atoms with Gasteiger partial charge in [-0.1, -0.05) is 199 Å². The molecule has 67 heavy (non-hydrogen) atoms. The number of hydrogen-bond acceptors (Lipinski definition) is 3. The van der Waals surface area contributed by atoms with Gasteiger partial charge in [0.2, 0.25) is 0 Å². The first-order valence-electron chi connectivity index (χ1n) is 23.2. The van der Waals surface area contributed by atoms with E-state index >= 15 is 0 Å². The highest BCUT2D eigenvalue weighted by Gasteiger charge is 2.52. The summed E-state index contributed by atoms with van der Waals surface area (Å²) in [4.78, 5) is 7.77. The summed E-state index contributed by atoms with van der Waals surface area (Å²) in [5, 5.41) is 5.01. The Morgan fingerprint density at radius 1 is 0.254 bits per heavy atom. The van der Waals surface area contributed by atoms with Crippen LogP contribution < -0.4 is 4.90 Å². The predicted octanol–water partition coefficient (Wildman–Crippen LogP) is 17.1. The molecular weight excluding hydrogens is 847 g/mol. The Hall–Kier alpha value is -7.56. The first-order chi connectivity index (χ1) is 33.2. The van der Waals surface area contributed by atoms with E-state index in [1.54, 1.807) is 0 Å². The Bertz CT molecular complexity index is 3830. The highest BCUT2D eigenvalue weighted by atomic mass is 32.2. The van der Waals surface area contributed by atoms with Crippen molar-refractivity contribution >= 4 is 62.1 Å². The zero-order chi connectivity index (χ0) is 43.8. The number of anilines is 3. The van der Waals surface area contributed by atoms with Gasteiger partial charge >= 0.3 is 0 Å². The Morgan fingerprint density at radius 3 is 1.28 bits per heavy atom. The molecule has 1 nitrogen and oxygen atoms in total. The molecule has 0 bridgehead atoms. The molecule has 0 saturated carbocycles. The largest absolute Gasteiger partial charge is 0.310 e. The van der Waals surface area contributed by atoms with E-state index in [4.69, 9.17) is 0 Å². The maximum atomic E-state index is 2.52. The normalized spacial score (nSPS) is 14.7. The summed E-state index contributed by atoms with van der Waals surface area (Å²) < 4.78 is 0. The van der Waals surface area contributed by atoms with E-state index in [9.17, 15) is 0 Å². The topological polar surface area (TPSA) is 3.24 Å². The molecule has 0 aromatic heterocycles. The van der Waals surface area contributed by atoms with Crippen LogP contribution in [0.5, 0.6) is 0 Å². The zero-order valence-electron chi connectivity index (χ0n) is 36.3. The molecule has 0 atom stereocenters. The number of benzene rings is 11. The van der Waals surface area contributed by atoms with E-state index in [-0.39, 0.29) is 0 Å². The molecule has 2 aliphatic carbocycles. The lowest BCUT2D eigenvalue weighted by molar-refractivity contribution is 0.722. The van der Waals surface area contributed by atoms with Crippen LogP contribution in [0.4, 0.5) is 17.1 Å². The second-order valence-electron chi connectivity index (χ2n) is 18.3. The zero-order valence-corrected chi connectivity index (χ0v) is 37.9. The summed E-state index contributed by atoms with van der Waals surface area (Å²) in [5.74, 6) is 0. The van der Waals surface area contributed by atoms with Crippen molar-refractivity contribution < 1.29 is 0 Å². The van der Waals surface area contributed by atoms with Crippen molar-refractivity contribution in [3.63, 3.8) is 0 Å². The van der Waals surface area contributed by atoms with Gasteiger partial charge in [-0.05, 0) is 149 Å². The van der Waals surface area contributed by atoms with Crippen molar-refractivity contribution in [2.45, 2.75) is 30.4 Å². The van der Waals surface area contributed by atoms with Crippen LogP contribution in [0, 0.1) is 0 Å². The fourth-order valence-electron chi connectivity index (χ4n) is 12.6. The molecule has 4 aliphatic rings. The number of fused-ring (bicyclic) bond motifs is 21. The van der Waals surface area contributed by atoms with Crippen molar-refractivity contribution in [1.82, 2.24) is 0 Å². The summed E-state index contributed by atoms with van der Waals surface area (Å²) in [6.45, 7) is 0. The average molecular weight is 886 g/mol. The second kappa shape index (κ2) is 14.0. The van der Waals surface area contributed by atoms with Crippen LogP contribution in [0.25, 0.3) is 43.8 Å². The van der Waals surface area contributed by atoms with Gasteiger partial charge in [-0.2, -0.15) is 0 Å². The molecular formula is C64H39NS2. The summed E-state index contributed by atoms with van der Waals surface area (Å²) in [6, 6.07) is 89.6. The van der Waals surface area contributed by atoms with Crippen LogP contribution in [-0.2, 0) is 10.8 Å². The predicted molar refractivity (Wildman–Crippen MR) is 279 cm³/mol. The molecule has 2 heterocycles. The van der Waals surface area contributed by atoms with Gasteiger partial charge in [-0.25, -0.2) is 0 Å². The molecule has 11 aromatic rings. The lowest BCUT2D eigenvalue weighted by Gasteiger charge is -2.40. The molecule has 3 heteroatoms. The van der Waals surface area contributed by atoms with Crippen molar-refractivity contribution in [1.29, 1.82) is 0 Å². The van der Waals surface area contributed by atoms with Crippen molar-refractivity contribution in [3.8, 4) is 22.3 Å². The monoisotopic (exact) mass is 885 g/mol. The van der Waals surface area contributed by atoms with Crippen molar-refractivity contribution in [2.75, 3.05) is 4.90 Å². The Morgan fingerprint density at radius 2 is 0.657 bits per heavy atom. The van der Waals surface area contributed by atoms with E-state index in [0.717, 1.165) is 17.1 Å². The molecule has 2 spiro atoms. The molecule has 312 valence electrons. The van der Waals surface area contributed by atoms with Crippen LogP contribution in [0.3, 0.4) is 0 Å². The third-order valence-corrected chi connectivity index (χ3v) is 17.5. The van der Waals surface area contributed by atoms with Crippen molar-refractivity contribution in [3.05, 3.63) is 281 Å². The van der Waals surface area contributed by atoms with Gasteiger partial charge in [0.1, 0.15) is 0 Å². The quantitative estimate of drug-likeness (QED) is 0.163. The second-order valence-corrected chi connectivity index (χ2v) is 20.4. The maximum absolute atomic E-state index is 2.52. The van der Waals surface area contributed by atoms with Gasteiger partial charge in [-0.3, -0.25) is 0 Å². The van der Waals surface area contributed by atoms with E-state index in [2.05, 4.69) is 241 Å². The summed E-state index contributed by atoms with van der Waals surface area (Å²) >= 11 is 3.79. The number of nitrogens with zero attached hydrogens (tertiary/aromatic N) is 1. The summed E-state index contributed by atoms with van der Waals surface area (Å²) in [7, 11) is 0. The van der Waals surface area contributed by atoms with E-state index in [1.807, 2.05) is 23.5 Å². The third-order valence-electron chi connectivity index (χ3n) is 15.2. The molecule has 0 amide bonds. The highest BCUT2D eigenvalue weighted by Crippen LogP contribution is 2.65. The summed E-state index contributed by atoms with van der Waals surface area (Å²) in [6.07, 6.45) is 0. The number of rotatable bonds is 3. The molecule has 2 aliphatic heterocycles. The van der Waals surface area contributed by atoms with Crippen LogP contribution in [0.15, 0.2) is 256 Å². The Kier molecular flexibility index (Phi) is 7.85. The lowest BCUT2D eigenvalue weighted by atomic mass is 9.67. The van der Waals surface area contributed by atoms with E-state index < -0.39 is 10.8 Å². The van der Waals surface area contributed by atoms with Crippen LogP contribution in [0.2, 0.25) is 0 Å². The van der Waals surface area contributed by atoms with Gasteiger partial charge < -0.3 is 4.90 Å². The van der Waals surface area contributed by atoms with Gasteiger partial charge in [-0.15, -0.1) is 0 Å². The molecule has 0 N–H and O–H groups in total. The minimum absolute atomic E-state index is 0.441. The third kappa shape index (κ3) is 4.97. The standard InChI is InChI=1S/C64H39NS2/c1-2-16-45-40(15-1)29-30-41-37-42(31-34-46(41)45)65(43-33-36-53-50(38-43)48-18-4-6-20-52(48)63(53)54-21-7-11-25-59(54)66-60-26-12-8-22-55(60)63)44-32-35-49-47-17-3-5-19-51(47)64(58(49)39-44)56-23-9-13-27-61(56)67-62-28-14-10-24-57(62)64/h1-39H. The average Bonchev–Trinajstić information content (AvgIpc) is 3.84. The maximum Gasteiger partial charge on any atom is 0.0736 e. The molecule has 0 saturated heterocycles. The first kappa shape index (κ1) is 37.6. The Balaban J connectivity index is 1.01. The van der Waals surface area contributed by atoms with E-state index in [1.165, 1.54) is 108 Å². The minimum atomic E-state index is -0.489. The molecule has 15 rings (SSSR count). The lowest BCUT2D eigenvalue weighted by Crippen LogP contribution is -2.32. The highest BCUT2D eigenvalue weighted by molar-refractivity contribution is 7.99. The van der Waals surface area contributed by atoms with Crippen LogP contribution in [-0.4, -0.2) is 0 Å². The fourth-order valence-corrected chi connectivity index (χ4v) is 14.9. The number of hydrogen-bond donors (Lipinski definition) is 0. The fraction of sp³-hybridized carbons (Fsp3) is 0.0312. The van der Waals surface area contributed by atoms with Gasteiger partial charge in [0.15, 0.2) is 0 Å². The van der Waals surface area contributed by atoms with Crippen molar-refractivity contribution in [2.24, 2.45) is 0 Å². The molecule has 0 fully saturated rings. The van der Waals surface area contributed by atoms with Crippen LogP contribution in [0.1, 0.15) is 44.5 Å². The van der Waals surface area contributed by atoms with Gasteiger partial charge in [0, 0.05) is 36.6 Å². The molecule has 0 unspecified atom stereocenters. The SMILES string of the molecule is c1ccc2c(c1)Sc1ccccc1C21c2ccccc2-c2cc(N(c3ccc4c(c3)C3(c5ccccc5Sc5ccccc53)c3ccccc3-4)c3ccc4c(ccc5ccccc54)c3)ccc21. The molecule has 11 aromatic carbocycles. The van der Waals surface area contributed by atoms with Gasteiger partial charge in [0.05, 0.1) is 10.8 Å². The molecule has 0 radical (unpaired) electrons. The van der Waals surface area contributed by atoms with Crippen LogP contribution >= 0.6 is 23.5 Å². The minimum Gasteiger partial charge on any atom is -0.310 e.